The molecule has 3 aromatic rings. The lowest BCUT2D eigenvalue weighted by atomic mass is 10.2. The van der Waals surface area contributed by atoms with Gasteiger partial charge in [0.25, 0.3) is 5.91 Å². The van der Waals surface area contributed by atoms with E-state index in [-0.39, 0.29) is 11.7 Å². The zero-order valence-corrected chi connectivity index (χ0v) is 14.4. The third-order valence-corrected chi connectivity index (χ3v) is 4.03. The van der Waals surface area contributed by atoms with Crippen molar-refractivity contribution in [3.63, 3.8) is 0 Å². The number of carbonyl (C=O) groups excluding carboxylic acids is 1. The van der Waals surface area contributed by atoms with Crippen molar-refractivity contribution in [2.24, 2.45) is 0 Å². The molecule has 0 aliphatic rings. The molecule has 6 heteroatoms. The van der Waals surface area contributed by atoms with Crippen LogP contribution in [0.5, 0.6) is 5.75 Å². The topological polar surface area (TPSA) is 66.6 Å². The Morgan fingerprint density at radius 1 is 1.39 bits per heavy atom. The van der Waals surface area contributed by atoms with Gasteiger partial charge >= 0.3 is 0 Å². The highest BCUT2D eigenvalue weighted by molar-refractivity contribution is 9.10. The van der Waals surface area contributed by atoms with E-state index in [1.807, 2.05) is 26.1 Å². The summed E-state index contributed by atoms with van der Waals surface area (Å²) in [6.45, 7) is 3.93. The Balaban J connectivity index is 2.09. The lowest BCUT2D eigenvalue weighted by Gasteiger charge is -2.08. The fraction of sp³-hybridized carbons (Fsp3) is 0.176. The second-order valence-corrected chi connectivity index (χ2v) is 6.22. The van der Waals surface area contributed by atoms with Gasteiger partial charge in [-0.3, -0.25) is 9.20 Å². The van der Waals surface area contributed by atoms with Crippen molar-refractivity contribution in [1.29, 1.82) is 0 Å². The zero-order valence-electron chi connectivity index (χ0n) is 12.8. The van der Waals surface area contributed by atoms with Crippen LogP contribution in [-0.4, -0.2) is 20.4 Å². The van der Waals surface area contributed by atoms with Gasteiger partial charge in [0.2, 0.25) is 0 Å². The summed E-state index contributed by atoms with van der Waals surface area (Å²) in [4.78, 5) is 17.3. The van der Waals surface area contributed by atoms with Gasteiger partial charge < -0.3 is 10.4 Å². The number of benzene rings is 1. The molecule has 0 bridgehead atoms. The number of hydrogen-bond donors (Lipinski definition) is 2. The Kier molecular flexibility index (Phi) is 4.09. The summed E-state index contributed by atoms with van der Waals surface area (Å²) in [6, 6.07) is 8.45. The quantitative estimate of drug-likeness (QED) is 0.730. The van der Waals surface area contributed by atoms with Gasteiger partial charge in [-0.1, -0.05) is 13.0 Å². The maximum Gasteiger partial charge on any atom is 0.274 e. The molecule has 0 radical (unpaired) electrons. The highest BCUT2D eigenvalue weighted by Crippen LogP contribution is 2.23. The molecule has 0 saturated heterocycles. The predicted molar refractivity (Wildman–Crippen MR) is 93.1 cm³/mol. The summed E-state index contributed by atoms with van der Waals surface area (Å²) in [6.07, 6.45) is 2.49. The van der Waals surface area contributed by atoms with Crippen molar-refractivity contribution < 1.29 is 9.90 Å². The van der Waals surface area contributed by atoms with E-state index in [4.69, 9.17) is 0 Å². The first-order valence-electron chi connectivity index (χ1n) is 7.27. The number of rotatable bonds is 3. The number of carbonyl (C=O) groups is 1. The van der Waals surface area contributed by atoms with Gasteiger partial charge in [0, 0.05) is 22.4 Å². The minimum atomic E-state index is -0.252. The Bertz CT molecular complexity index is 902. The number of anilines is 1. The largest absolute Gasteiger partial charge is 0.508 e. The molecule has 0 aliphatic heterocycles. The standard InChI is InChI=1S/C17H16BrN3O2/c1-3-14-15(17(23)19-12-5-4-6-13(22)8-12)21-9-11(18)7-10(2)16(21)20-14/h4-9,22H,3H2,1-2H3,(H,19,23). The molecule has 0 saturated carbocycles. The highest BCUT2D eigenvalue weighted by atomic mass is 79.9. The average Bonchev–Trinajstić information content (AvgIpc) is 2.86. The number of aromatic hydroxyl groups is 1. The molecule has 3 rings (SSSR count). The number of fused-ring (bicyclic) bond motifs is 1. The molecular formula is C17H16BrN3O2. The van der Waals surface area contributed by atoms with Crippen molar-refractivity contribution in [2.75, 3.05) is 5.32 Å². The number of hydrogen-bond acceptors (Lipinski definition) is 3. The lowest BCUT2D eigenvalue weighted by molar-refractivity contribution is 0.102. The van der Waals surface area contributed by atoms with Crippen LogP contribution in [-0.2, 0) is 6.42 Å². The van der Waals surface area contributed by atoms with E-state index in [0.717, 1.165) is 21.4 Å². The molecule has 1 amide bonds. The molecule has 0 unspecified atom stereocenters. The van der Waals surface area contributed by atoms with Gasteiger partial charge in [0.15, 0.2) is 0 Å². The zero-order chi connectivity index (χ0) is 16.6. The normalized spacial score (nSPS) is 10.9. The number of aromatic nitrogens is 2. The molecule has 1 aromatic carbocycles. The first kappa shape index (κ1) is 15.6. The Labute approximate surface area is 142 Å². The van der Waals surface area contributed by atoms with E-state index in [9.17, 15) is 9.90 Å². The number of aryl methyl sites for hydroxylation is 2. The molecule has 0 fully saturated rings. The summed E-state index contributed by atoms with van der Waals surface area (Å²) in [5, 5.41) is 12.3. The van der Waals surface area contributed by atoms with Crippen LogP contribution in [0.2, 0.25) is 0 Å². The molecule has 118 valence electrons. The SMILES string of the molecule is CCc1nc2c(C)cc(Br)cn2c1C(=O)Nc1cccc(O)c1. The van der Waals surface area contributed by atoms with E-state index < -0.39 is 0 Å². The smallest absolute Gasteiger partial charge is 0.274 e. The van der Waals surface area contributed by atoms with Crippen LogP contribution in [0.3, 0.4) is 0 Å². The van der Waals surface area contributed by atoms with E-state index in [0.29, 0.717) is 17.8 Å². The summed E-state index contributed by atoms with van der Waals surface area (Å²) in [5.41, 5.74) is 3.55. The maximum absolute atomic E-state index is 12.7. The summed E-state index contributed by atoms with van der Waals surface area (Å²) in [7, 11) is 0. The fourth-order valence-corrected chi connectivity index (χ4v) is 3.12. The summed E-state index contributed by atoms with van der Waals surface area (Å²) >= 11 is 3.46. The van der Waals surface area contributed by atoms with E-state index in [2.05, 4.69) is 26.2 Å². The van der Waals surface area contributed by atoms with Crippen LogP contribution < -0.4 is 5.32 Å². The van der Waals surface area contributed by atoms with Crippen LogP contribution in [0, 0.1) is 6.92 Å². The van der Waals surface area contributed by atoms with Crippen LogP contribution >= 0.6 is 15.9 Å². The summed E-state index contributed by atoms with van der Waals surface area (Å²) in [5.74, 6) is -0.146. The highest BCUT2D eigenvalue weighted by Gasteiger charge is 2.19. The first-order chi connectivity index (χ1) is 11.0. The van der Waals surface area contributed by atoms with Crippen LogP contribution in [0.25, 0.3) is 5.65 Å². The Hall–Kier alpha value is -2.34. The Morgan fingerprint density at radius 2 is 2.17 bits per heavy atom. The maximum atomic E-state index is 12.7. The van der Waals surface area contributed by atoms with Crippen molar-refractivity contribution in [3.05, 3.63) is 58.0 Å². The number of imidazole rings is 1. The number of pyridine rings is 1. The van der Waals surface area contributed by atoms with Gasteiger partial charge in [0.1, 0.15) is 17.1 Å². The van der Waals surface area contributed by atoms with Crippen molar-refractivity contribution >= 4 is 33.2 Å². The molecule has 2 heterocycles. The second-order valence-electron chi connectivity index (χ2n) is 5.30. The lowest BCUT2D eigenvalue weighted by Crippen LogP contribution is -2.16. The monoisotopic (exact) mass is 373 g/mol. The number of nitrogens with one attached hydrogen (secondary N) is 1. The van der Waals surface area contributed by atoms with Crippen molar-refractivity contribution in [3.8, 4) is 5.75 Å². The van der Waals surface area contributed by atoms with Crippen molar-refractivity contribution in [1.82, 2.24) is 9.38 Å². The number of phenolic OH excluding ortho intramolecular Hbond substituents is 1. The average molecular weight is 374 g/mol. The van der Waals surface area contributed by atoms with Gasteiger partial charge in [-0.25, -0.2) is 4.98 Å². The Morgan fingerprint density at radius 3 is 2.87 bits per heavy atom. The van der Waals surface area contributed by atoms with Gasteiger partial charge in [0.05, 0.1) is 5.69 Å². The van der Waals surface area contributed by atoms with E-state index in [1.165, 1.54) is 6.07 Å². The van der Waals surface area contributed by atoms with Crippen LogP contribution in [0.4, 0.5) is 5.69 Å². The van der Waals surface area contributed by atoms with Gasteiger partial charge in [-0.15, -0.1) is 0 Å². The van der Waals surface area contributed by atoms with Crippen LogP contribution in [0.1, 0.15) is 28.7 Å². The molecule has 2 aromatic heterocycles. The van der Waals surface area contributed by atoms with Crippen molar-refractivity contribution in [2.45, 2.75) is 20.3 Å². The van der Waals surface area contributed by atoms with Gasteiger partial charge in [-0.05, 0) is 53.0 Å². The minimum Gasteiger partial charge on any atom is -0.508 e. The molecule has 0 aliphatic carbocycles. The first-order valence-corrected chi connectivity index (χ1v) is 8.06. The number of halogens is 1. The fourth-order valence-electron chi connectivity index (χ4n) is 2.58. The molecule has 5 nitrogen and oxygen atoms in total. The third kappa shape index (κ3) is 2.94. The van der Waals surface area contributed by atoms with E-state index >= 15 is 0 Å². The molecular weight excluding hydrogens is 358 g/mol. The minimum absolute atomic E-state index is 0.107. The van der Waals surface area contributed by atoms with E-state index in [1.54, 1.807) is 22.6 Å². The number of phenols is 1. The third-order valence-electron chi connectivity index (χ3n) is 3.60. The summed E-state index contributed by atoms with van der Waals surface area (Å²) < 4.78 is 2.69. The number of nitrogens with zero attached hydrogens (tertiary/aromatic N) is 2. The molecule has 0 spiro atoms. The second kappa shape index (κ2) is 6.04. The van der Waals surface area contributed by atoms with Gasteiger partial charge in [-0.2, -0.15) is 0 Å². The number of amides is 1. The molecule has 0 atom stereocenters. The molecule has 2 N–H and O–H groups in total. The molecule has 23 heavy (non-hydrogen) atoms. The predicted octanol–water partition coefficient (Wildman–Crippen LogP) is 3.93. The van der Waals surface area contributed by atoms with Crippen LogP contribution in [0.15, 0.2) is 41.0 Å².